The van der Waals surface area contributed by atoms with Crippen LogP contribution >= 0.6 is 0 Å². The van der Waals surface area contributed by atoms with Crippen molar-refractivity contribution in [3.8, 4) is 0 Å². The van der Waals surface area contributed by atoms with Gasteiger partial charge in [0.1, 0.15) is 5.82 Å². The molecule has 0 radical (unpaired) electrons. The summed E-state index contributed by atoms with van der Waals surface area (Å²) in [5.74, 6) is -1.06. The van der Waals surface area contributed by atoms with Crippen molar-refractivity contribution in [1.82, 2.24) is 5.32 Å². The van der Waals surface area contributed by atoms with Crippen LogP contribution in [0.4, 0.5) is 4.39 Å². The first-order chi connectivity index (χ1) is 9.99. The molecular formula is C15H14FNO3S. The largest absolute Gasteiger partial charge is 0.351 e. The summed E-state index contributed by atoms with van der Waals surface area (Å²) in [5.41, 5.74) is 0.469. The lowest BCUT2D eigenvalue weighted by atomic mass is 10.2. The van der Waals surface area contributed by atoms with Crippen molar-refractivity contribution in [2.75, 3.05) is 12.3 Å². The smallest absolute Gasteiger partial charge is 0.251 e. The molecule has 0 aliphatic heterocycles. The van der Waals surface area contributed by atoms with E-state index in [0.29, 0.717) is 5.56 Å². The number of hydrogen-bond donors (Lipinski definition) is 1. The van der Waals surface area contributed by atoms with Crippen molar-refractivity contribution in [2.45, 2.75) is 4.90 Å². The van der Waals surface area contributed by atoms with Crippen LogP contribution in [0.5, 0.6) is 0 Å². The van der Waals surface area contributed by atoms with E-state index in [4.69, 9.17) is 0 Å². The zero-order chi connectivity index (χ0) is 15.3. The molecule has 0 spiro atoms. The van der Waals surface area contributed by atoms with Crippen molar-refractivity contribution in [2.24, 2.45) is 0 Å². The number of rotatable bonds is 5. The molecule has 0 fully saturated rings. The van der Waals surface area contributed by atoms with Crippen LogP contribution in [0.1, 0.15) is 10.4 Å². The minimum Gasteiger partial charge on any atom is -0.351 e. The number of halogens is 1. The second-order valence-corrected chi connectivity index (χ2v) is 6.50. The van der Waals surface area contributed by atoms with Gasteiger partial charge in [0, 0.05) is 12.1 Å². The Morgan fingerprint density at radius 1 is 1.00 bits per heavy atom. The topological polar surface area (TPSA) is 63.2 Å². The molecule has 0 aliphatic rings. The van der Waals surface area contributed by atoms with E-state index in [1.807, 2.05) is 0 Å². The van der Waals surface area contributed by atoms with Crippen molar-refractivity contribution in [1.29, 1.82) is 0 Å². The van der Waals surface area contributed by atoms with Gasteiger partial charge in [0.05, 0.1) is 10.6 Å². The van der Waals surface area contributed by atoms with E-state index in [2.05, 4.69) is 5.32 Å². The fraction of sp³-hybridized carbons (Fsp3) is 0.133. The molecule has 0 bridgehead atoms. The van der Waals surface area contributed by atoms with Gasteiger partial charge in [0.25, 0.3) is 5.91 Å². The van der Waals surface area contributed by atoms with Crippen LogP contribution < -0.4 is 5.32 Å². The van der Waals surface area contributed by atoms with E-state index < -0.39 is 15.7 Å². The normalized spacial score (nSPS) is 11.1. The highest BCUT2D eigenvalue weighted by Crippen LogP contribution is 2.11. The highest BCUT2D eigenvalue weighted by molar-refractivity contribution is 7.91. The summed E-state index contributed by atoms with van der Waals surface area (Å²) in [5, 5.41) is 2.54. The Kier molecular flexibility index (Phi) is 4.70. The number of nitrogens with one attached hydrogen (secondary N) is 1. The third kappa shape index (κ3) is 4.13. The number of benzene rings is 2. The third-order valence-corrected chi connectivity index (χ3v) is 4.60. The number of carbonyl (C=O) groups is 1. The van der Waals surface area contributed by atoms with Gasteiger partial charge in [0.2, 0.25) is 0 Å². The lowest BCUT2D eigenvalue weighted by Gasteiger charge is -2.06. The van der Waals surface area contributed by atoms with Gasteiger partial charge in [-0.2, -0.15) is 0 Å². The van der Waals surface area contributed by atoms with Gasteiger partial charge in [-0.1, -0.05) is 18.2 Å². The van der Waals surface area contributed by atoms with E-state index in [9.17, 15) is 17.6 Å². The lowest BCUT2D eigenvalue weighted by molar-refractivity contribution is 0.0956. The maximum absolute atomic E-state index is 12.8. The Labute approximate surface area is 122 Å². The molecule has 0 saturated heterocycles. The van der Waals surface area contributed by atoms with E-state index in [-0.39, 0.29) is 23.1 Å². The molecular weight excluding hydrogens is 293 g/mol. The Bertz CT molecular complexity index is 712. The molecule has 6 heteroatoms. The molecule has 0 unspecified atom stereocenters. The first-order valence-corrected chi connectivity index (χ1v) is 7.96. The van der Waals surface area contributed by atoms with Gasteiger partial charge in [-0.15, -0.1) is 0 Å². The van der Waals surface area contributed by atoms with Crippen LogP contribution in [0.15, 0.2) is 59.5 Å². The second kappa shape index (κ2) is 6.49. The highest BCUT2D eigenvalue weighted by Gasteiger charge is 2.15. The summed E-state index contributed by atoms with van der Waals surface area (Å²) in [6.45, 7) is -0.00651. The monoisotopic (exact) mass is 307 g/mol. The molecule has 2 aromatic carbocycles. The number of carbonyl (C=O) groups excluding carboxylic acids is 1. The van der Waals surface area contributed by atoms with Crippen LogP contribution in [0, 0.1) is 5.82 Å². The Balaban J connectivity index is 1.94. The summed E-state index contributed by atoms with van der Waals surface area (Å²) in [6, 6.07) is 13.1. The van der Waals surface area contributed by atoms with Gasteiger partial charge < -0.3 is 5.32 Å². The van der Waals surface area contributed by atoms with E-state index >= 15 is 0 Å². The van der Waals surface area contributed by atoms with Crippen LogP contribution in [-0.2, 0) is 9.84 Å². The first-order valence-electron chi connectivity index (χ1n) is 6.30. The van der Waals surface area contributed by atoms with Crippen LogP contribution in [0.3, 0.4) is 0 Å². The molecule has 4 nitrogen and oxygen atoms in total. The minimum absolute atomic E-state index is 0.00651. The lowest BCUT2D eigenvalue weighted by Crippen LogP contribution is -2.29. The minimum atomic E-state index is -3.54. The molecule has 0 aromatic heterocycles. The molecule has 1 N–H and O–H groups in total. The van der Waals surface area contributed by atoms with Crippen molar-refractivity contribution in [3.05, 3.63) is 66.0 Å². The van der Waals surface area contributed by atoms with Gasteiger partial charge in [-0.3, -0.25) is 4.79 Å². The van der Waals surface area contributed by atoms with E-state index in [0.717, 1.165) is 12.1 Å². The molecule has 2 aromatic rings. The fourth-order valence-electron chi connectivity index (χ4n) is 1.75. The first kappa shape index (κ1) is 15.2. The molecule has 21 heavy (non-hydrogen) atoms. The average molecular weight is 307 g/mol. The van der Waals surface area contributed by atoms with E-state index in [1.165, 1.54) is 12.1 Å². The zero-order valence-electron chi connectivity index (χ0n) is 11.1. The molecule has 0 aliphatic carbocycles. The second-order valence-electron chi connectivity index (χ2n) is 4.39. The molecule has 1 amide bonds. The van der Waals surface area contributed by atoms with Crippen molar-refractivity contribution >= 4 is 15.7 Å². The molecule has 0 saturated carbocycles. The Morgan fingerprint density at radius 2 is 1.62 bits per heavy atom. The Hall–Kier alpha value is -2.21. The fourth-order valence-corrected chi connectivity index (χ4v) is 2.91. The van der Waals surface area contributed by atoms with Gasteiger partial charge in [-0.25, -0.2) is 12.8 Å². The van der Waals surface area contributed by atoms with Crippen molar-refractivity contribution < 1.29 is 17.6 Å². The van der Waals surface area contributed by atoms with E-state index in [1.54, 1.807) is 30.3 Å². The summed E-state index contributed by atoms with van der Waals surface area (Å²) in [4.78, 5) is 11.8. The predicted molar refractivity (Wildman–Crippen MR) is 77.2 cm³/mol. The molecule has 0 heterocycles. The zero-order valence-corrected chi connectivity index (χ0v) is 11.9. The van der Waals surface area contributed by atoms with Gasteiger partial charge in [0.15, 0.2) is 9.84 Å². The maximum atomic E-state index is 12.8. The SMILES string of the molecule is O=C(NCCS(=O)(=O)c1ccc(F)cc1)c1ccccc1. The van der Waals surface area contributed by atoms with Gasteiger partial charge in [-0.05, 0) is 36.4 Å². The quantitative estimate of drug-likeness (QED) is 0.860. The highest BCUT2D eigenvalue weighted by atomic mass is 32.2. The molecule has 2 rings (SSSR count). The van der Waals surface area contributed by atoms with Gasteiger partial charge >= 0.3 is 0 Å². The third-order valence-electron chi connectivity index (χ3n) is 2.87. The number of amides is 1. The van der Waals surface area contributed by atoms with Crippen molar-refractivity contribution in [3.63, 3.8) is 0 Å². The summed E-state index contributed by atoms with van der Waals surface area (Å²) in [6.07, 6.45) is 0. The van der Waals surface area contributed by atoms with Crippen LogP contribution in [0.25, 0.3) is 0 Å². The molecule has 110 valence electrons. The summed E-state index contributed by atoms with van der Waals surface area (Å²) >= 11 is 0. The summed E-state index contributed by atoms with van der Waals surface area (Å²) in [7, 11) is -3.54. The summed E-state index contributed by atoms with van der Waals surface area (Å²) < 4.78 is 36.7. The number of sulfone groups is 1. The number of hydrogen-bond acceptors (Lipinski definition) is 3. The maximum Gasteiger partial charge on any atom is 0.251 e. The van der Waals surface area contributed by atoms with Crippen LogP contribution in [-0.4, -0.2) is 26.6 Å². The van der Waals surface area contributed by atoms with Crippen LogP contribution in [0.2, 0.25) is 0 Å². The predicted octanol–water partition coefficient (Wildman–Crippen LogP) is 2.03. The Morgan fingerprint density at radius 3 is 2.24 bits per heavy atom. The molecule has 0 atom stereocenters. The standard InChI is InChI=1S/C15H14FNO3S/c16-13-6-8-14(9-7-13)21(19,20)11-10-17-15(18)12-4-2-1-3-5-12/h1-9H,10-11H2,(H,17,18). The average Bonchev–Trinajstić information content (AvgIpc) is 2.48.